The smallest absolute Gasteiger partial charge is 0.218 e. The molecule has 0 amide bonds. The third-order valence-electron chi connectivity index (χ3n) is 3.20. The lowest BCUT2D eigenvalue weighted by Gasteiger charge is -2.36. The van der Waals surface area contributed by atoms with E-state index in [0.717, 1.165) is 18.8 Å². The molecule has 0 saturated carbocycles. The molecule has 0 aromatic carbocycles. The van der Waals surface area contributed by atoms with Crippen molar-refractivity contribution in [1.82, 2.24) is 9.97 Å². The van der Waals surface area contributed by atoms with Crippen LogP contribution in [0.4, 0.5) is 5.82 Å². The lowest BCUT2D eigenvalue weighted by molar-refractivity contribution is 0.395. The number of piperidine rings is 1. The second-order valence-corrected chi connectivity index (χ2v) is 4.62. The van der Waals surface area contributed by atoms with Gasteiger partial charge >= 0.3 is 0 Å². The van der Waals surface area contributed by atoms with Gasteiger partial charge in [0, 0.05) is 24.5 Å². The fourth-order valence-corrected chi connectivity index (χ4v) is 2.58. The third-order valence-corrected chi connectivity index (χ3v) is 3.42. The van der Waals surface area contributed by atoms with Crippen LogP contribution in [0.5, 0.6) is 5.88 Å². The monoisotopic (exact) mass is 255 g/mol. The minimum Gasteiger partial charge on any atom is -0.481 e. The summed E-state index contributed by atoms with van der Waals surface area (Å²) in [6.45, 7) is 1.04. The van der Waals surface area contributed by atoms with Crippen molar-refractivity contribution in [2.75, 3.05) is 24.4 Å². The Morgan fingerprint density at radius 1 is 1.47 bits per heavy atom. The topological polar surface area (TPSA) is 38.2 Å². The number of alkyl halides is 1. The van der Waals surface area contributed by atoms with E-state index < -0.39 is 0 Å². The Bertz CT molecular complexity index is 359. The van der Waals surface area contributed by atoms with E-state index >= 15 is 0 Å². The van der Waals surface area contributed by atoms with Crippen LogP contribution in [-0.2, 0) is 0 Å². The summed E-state index contributed by atoms with van der Waals surface area (Å²) in [5.41, 5.74) is 0. The van der Waals surface area contributed by atoms with Crippen molar-refractivity contribution < 1.29 is 4.74 Å². The Balaban J connectivity index is 2.16. The summed E-state index contributed by atoms with van der Waals surface area (Å²) in [6, 6.07) is 2.40. The highest BCUT2D eigenvalue weighted by molar-refractivity contribution is 6.17. The first kappa shape index (κ1) is 12.4. The largest absolute Gasteiger partial charge is 0.481 e. The third kappa shape index (κ3) is 3.00. The zero-order valence-corrected chi connectivity index (χ0v) is 10.9. The highest BCUT2D eigenvalue weighted by Gasteiger charge is 2.23. The lowest BCUT2D eigenvalue weighted by atomic mass is 10.00. The summed E-state index contributed by atoms with van der Waals surface area (Å²) in [4.78, 5) is 10.7. The molecule has 2 rings (SSSR count). The zero-order chi connectivity index (χ0) is 12.1. The number of ether oxygens (including phenoxy) is 1. The van der Waals surface area contributed by atoms with Crippen LogP contribution < -0.4 is 9.64 Å². The molecule has 0 aliphatic carbocycles. The highest BCUT2D eigenvalue weighted by Crippen LogP contribution is 2.26. The second kappa shape index (κ2) is 6.05. The van der Waals surface area contributed by atoms with Gasteiger partial charge < -0.3 is 9.64 Å². The normalized spacial score (nSPS) is 20.4. The molecule has 1 aliphatic rings. The van der Waals surface area contributed by atoms with Gasteiger partial charge in [-0.15, -0.1) is 11.6 Å². The van der Waals surface area contributed by atoms with Crippen LogP contribution in [0, 0.1) is 0 Å². The van der Waals surface area contributed by atoms with Gasteiger partial charge in [-0.25, -0.2) is 9.97 Å². The maximum absolute atomic E-state index is 5.86. The van der Waals surface area contributed by atoms with Gasteiger partial charge in [-0.05, 0) is 25.7 Å². The lowest BCUT2D eigenvalue weighted by Crippen LogP contribution is -2.40. The van der Waals surface area contributed by atoms with E-state index in [-0.39, 0.29) is 0 Å². The summed E-state index contributed by atoms with van der Waals surface area (Å²) < 4.78 is 5.14. The van der Waals surface area contributed by atoms with Crippen molar-refractivity contribution in [2.24, 2.45) is 0 Å². The van der Waals surface area contributed by atoms with E-state index in [1.165, 1.54) is 19.3 Å². The number of halogens is 1. The summed E-state index contributed by atoms with van der Waals surface area (Å²) >= 11 is 5.86. The molecule has 2 heterocycles. The van der Waals surface area contributed by atoms with Crippen molar-refractivity contribution in [2.45, 2.75) is 31.7 Å². The van der Waals surface area contributed by atoms with E-state index in [4.69, 9.17) is 16.3 Å². The molecule has 1 unspecified atom stereocenters. The first-order valence-corrected chi connectivity index (χ1v) is 6.57. The van der Waals surface area contributed by atoms with E-state index in [9.17, 15) is 0 Å². The number of methoxy groups -OCH3 is 1. The van der Waals surface area contributed by atoms with Gasteiger partial charge in [-0.3, -0.25) is 0 Å². The number of nitrogens with zero attached hydrogens (tertiary/aromatic N) is 3. The van der Waals surface area contributed by atoms with Crippen molar-refractivity contribution in [3.63, 3.8) is 0 Å². The molecule has 1 atom stereocenters. The SMILES string of the molecule is COc1cc(N2CCCCC2CCCl)ncn1. The molecule has 0 bridgehead atoms. The maximum Gasteiger partial charge on any atom is 0.218 e. The van der Waals surface area contributed by atoms with Gasteiger partial charge in [0.2, 0.25) is 5.88 Å². The Hall–Kier alpha value is -1.03. The fourth-order valence-electron chi connectivity index (χ4n) is 2.33. The van der Waals surface area contributed by atoms with E-state index in [0.29, 0.717) is 17.8 Å². The number of hydrogen-bond acceptors (Lipinski definition) is 4. The molecule has 1 saturated heterocycles. The Labute approximate surface area is 107 Å². The standard InChI is InChI=1S/C12H18ClN3O/c1-17-12-8-11(14-9-15-12)16-7-3-2-4-10(16)5-6-13/h8-10H,2-7H2,1H3. The van der Waals surface area contributed by atoms with Crippen LogP contribution in [0.1, 0.15) is 25.7 Å². The van der Waals surface area contributed by atoms with Crippen LogP contribution in [0.25, 0.3) is 0 Å². The van der Waals surface area contributed by atoms with Gasteiger partial charge in [0.15, 0.2) is 0 Å². The summed E-state index contributed by atoms with van der Waals surface area (Å²) in [5, 5.41) is 0. The summed E-state index contributed by atoms with van der Waals surface area (Å²) in [7, 11) is 1.62. The predicted molar refractivity (Wildman–Crippen MR) is 68.9 cm³/mol. The fraction of sp³-hybridized carbons (Fsp3) is 0.667. The molecule has 0 N–H and O–H groups in total. The average Bonchev–Trinajstić information content (AvgIpc) is 2.40. The Morgan fingerprint density at radius 2 is 2.35 bits per heavy atom. The minimum atomic E-state index is 0.501. The van der Waals surface area contributed by atoms with Crippen LogP contribution >= 0.6 is 11.6 Å². The van der Waals surface area contributed by atoms with Gasteiger partial charge in [0.25, 0.3) is 0 Å². The molecule has 5 heteroatoms. The van der Waals surface area contributed by atoms with Crippen LogP contribution in [0.2, 0.25) is 0 Å². The number of anilines is 1. The van der Waals surface area contributed by atoms with E-state index in [2.05, 4.69) is 14.9 Å². The number of rotatable bonds is 4. The van der Waals surface area contributed by atoms with Gasteiger partial charge in [0.1, 0.15) is 12.1 Å². The molecular formula is C12H18ClN3O. The molecule has 0 radical (unpaired) electrons. The molecule has 1 aromatic rings. The minimum absolute atomic E-state index is 0.501. The molecule has 94 valence electrons. The maximum atomic E-state index is 5.86. The molecule has 1 aromatic heterocycles. The van der Waals surface area contributed by atoms with Crippen molar-refractivity contribution in [3.8, 4) is 5.88 Å². The second-order valence-electron chi connectivity index (χ2n) is 4.24. The zero-order valence-electron chi connectivity index (χ0n) is 10.1. The summed E-state index contributed by atoms with van der Waals surface area (Å²) in [6.07, 6.45) is 6.25. The molecule has 1 aliphatic heterocycles. The van der Waals surface area contributed by atoms with Gasteiger partial charge in [0.05, 0.1) is 7.11 Å². The van der Waals surface area contributed by atoms with Crippen LogP contribution in [-0.4, -0.2) is 35.5 Å². The first-order valence-electron chi connectivity index (χ1n) is 6.04. The molecule has 0 spiro atoms. The van der Waals surface area contributed by atoms with E-state index in [1.807, 2.05) is 6.07 Å². The van der Waals surface area contributed by atoms with E-state index in [1.54, 1.807) is 13.4 Å². The molecular weight excluding hydrogens is 238 g/mol. The molecule has 4 nitrogen and oxygen atoms in total. The Kier molecular flexibility index (Phi) is 4.42. The Morgan fingerprint density at radius 3 is 3.12 bits per heavy atom. The molecule has 17 heavy (non-hydrogen) atoms. The highest BCUT2D eigenvalue weighted by atomic mass is 35.5. The predicted octanol–water partition coefficient (Wildman–Crippen LogP) is 2.47. The number of hydrogen-bond donors (Lipinski definition) is 0. The van der Waals surface area contributed by atoms with Crippen molar-refractivity contribution in [3.05, 3.63) is 12.4 Å². The van der Waals surface area contributed by atoms with Gasteiger partial charge in [-0.1, -0.05) is 0 Å². The summed E-state index contributed by atoms with van der Waals surface area (Å²) in [5.74, 6) is 2.26. The van der Waals surface area contributed by atoms with Crippen molar-refractivity contribution in [1.29, 1.82) is 0 Å². The average molecular weight is 256 g/mol. The quantitative estimate of drug-likeness (QED) is 0.775. The van der Waals surface area contributed by atoms with Gasteiger partial charge in [-0.2, -0.15) is 0 Å². The van der Waals surface area contributed by atoms with Crippen LogP contribution in [0.3, 0.4) is 0 Å². The number of aromatic nitrogens is 2. The molecule has 1 fully saturated rings. The first-order chi connectivity index (χ1) is 8.35. The van der Waals surface area contributed by atoms with Crippen molar-refractivity contribution >= 4 is 17.4 Å². The van der Waals surface area contributed by atoms with Crippen LogP contribution in [0.15, 0.2) is 12.4 Å².